The zero-order chi connectivity index (χ0) is 18.6. The van der Waals surface area contributed by atoms with Gasteiger partial charge in [-0.15, -0.1) is 0 Å². The van der Waals surface area contributed by atoms with Gasteiger partial charge in [-0.2, -0.15) is 0 Å². The molecule has 1 saturated carbocycles. The second-order valence-corrected chi connectivity index (χ2v) is 6.97. The lowest BCUT2D eigenvalue weighted by atomic mass is 10.2. The summed E-state index contributed by atoms with van der Waals surface area (Å²) < 4.78 is 8.32. The second-order valence-electron chi connectivity index (χ2n) is 6.97. The van der Waals surface area contributed by atoms with Crippen molar-refractivity contribution >= 4 is 16.9 Å². The zero-order valence-electron chi connectivity index (χ0n) is 15.2. The Morgan fingerprint density at radius 3 is 2.67 bits per heavy atom. The van der Waals surface area contributed by atoms with E-state index in [2.05, 4.69) is 16.0 Å². The number of hydrogen-bond donors (Lipinski definition) is 2. The van der Waals surface area contributed by atoms with Gasteiger partial charge in [0.25, 0.3) is 0 Å². The number of hydrogen-bond acceptors (Lipinski definition) is 4. The van der Waals surface area contributed by atoms with Gasteiger partial charge in [-0.25, -0.2) is 4.98 Å². The normalized spacial score (nSPS) is 14.7. The van der Waals surface area contributed by atoms with Gasteiger partial charge in [0.15, 0.2) is 0 Å². The van der Waals surface area contributed by atoms with Crippen molar-refractivity contribution in [3.8, 4) is 11.5 Å². The molecule has 1 fully saturated rings. The topological polar surface area (TPSA) is 82.2 Å². The van der Waals surface area contributed by atoms with Crippen LogP contribution in [0.25, 0.3) is 11.0 Å². The third-order valence-electron chi connectivity index (χ3n) is 4.99. The van der Waals surface area contributed by atoms with E-state index in [1.807, 2.05) is 42.5 Å². The summed E-state index contributed by atoms with van der Waals surface area (Å²) in [6, 6.07) is 16.2. The van der Waals surface area contributed by atoms with E-state index in [0.29, 0.717) is 12.6 Å². The summed E-state index contributed by atoms with van der Waals surface area (Å²) in [5.74, 6) is 2.18. The monoisotopic (exact) mass is 364 g/mol. The number of carbonyl (C=O) groups is 1. The maximum Gasteiger partial charge on any atom is 0.231 e. The van der Waals surface area contributed by atoms with E-state index in [9.17, 15) is 4.79 Å². The van der Waals surface area contributed by atoms with E-state index in [4.69, 9.17) is 15.5 Å². The van der Waals surface area contributed by atoms with Crippen molar-refractivity contribution in [3.05, 3.63) is 54.4 Å². The predicted octanol–water partition coefficient (Wildman–Crippen LogP) is 3.52. The van der Waals surface area contributed by atoms with Gasteiger partial charge >= 0.3 is 0 Å². The summed E-state index contributed by atoms with van der Waals surface area (Å²) in [7, 11) is 0. The van der Waals surface area contributed by atoms with Crippen LogP contribution in [0.3, 0.4) is 0 Å². The first-order valence-corrected chi connectivity index (χ1v) is 9.43. The largest absolute Gasteiger partial charge is 0.457 e. The van der Waals surface area contributed by atoms with Crippen molar-refractivity contribution in [2.24, 2.45) is 5.73 Å². The number of aromatic nitrogens is 2. The SMILES string of the molecule is NC(=O)CNCc1nc2ccc(Oc3ccccc3)cc2n1C1CCCC1. The third kappa shape index (κ3) is 3.95. The molecule has 0 atom stereocenters. The Morgan fingerprint density at radius 1 is 1.15 bits per heavy atom. The van der Waals surface area contributed by atoms with Crippen molar-refractivity contribution < 1.29 is 9.53 Å². The number of carbonyl (C=O) groups excluding carboxylic acids is 1. The molecule has 0 bridgehead atoms. The molecule has 1 aromatic heterocycles. The number of nitrogens with one attached hydrogen (secondary N) is 1. The van der Waals surface area contributed by atoms with Gasteiger partial charge in [0.1, 0.15) is 17.3 Å². The smallest absolute Gasteiger partial charge is 0.231 e. The standard InChI is InChI=1S/C21H24N4O2/c22-20(26)13-23-14-21-24-18-11-10-17(27-16-8-2-1-3-9-16)12-19(18)25(21)15-6-4-5-7-15/h1-3,8-12,15,23H,4-7,13-14H2,(H2,22,26). The number of imidazole rings is 1. The van der Waals surface area contributed by atoms with Crippen LogP contribution in [0.5, 0.6) is 11.5 Å². The number of para-hydroxylation sites is 1. The summed E-state index contributed by atoms with van der Waals surface area (Å²) in [6.07, 6.45) is 4.77. The Labute approximate surface area is 158 Å². The average molecular weight is 364 g/mol. The molecule has 1 heterocycles. The maximum atomic E-state index is 11.0. The molecule has 1 aliphatic carbocycles. The Morgan fingerprint density at radius 2 is 1.93 bits per heavy atom. The van der Waals surface area contributed by atoms with Crippen molar-refractivity contribution in [2.75, 3.05) is 6.54 Å². The molecular weight excluding hydrogens is 340 g/mol. The fraction of sp³-hybridized carbons (Fsp3) is 0.333. The number of nitrogens with two attached hydrogens (primary N) is 1. The molecule has 6 nitrogen and oxygen atoms in total. The molecule has 0 aliphatic heterocycles. The Hall–Kier alpha value is -2.86. The molecule has 140 valence electrons. The van der Waals surface area contributed by atoms with Crippen LogP contribution in [0.2, 0.25) is 0 Å². The fourth-order valence-electron chi connectivity index (χ4n) is 3.80. The highest BCUT2D eigenvalue weighted by molar-refractivity contribution is 5.78. The van der Waals surface area contributed by atoms with Gasteiger partial charge in [-0.1, -0.05) is 31.0 Å². The molecule has 4 rings (SSSR count). The van der Waals surface area contributed by atoms with Gasteiger partial charge in [0, 0.05) is 12.1 Å². The molecule has 0 radical (unpaired) electrons. The lowest BCUT2D eigenvalue weighted by molar-refractivity contribution is -0.117. The van der Waals surface area contributed by atoms with Crippen LogP contribution in [0, 0.1) is 0 Å². The fourth-order valence-corrected chi connectivity index (χ4v) is 3.80. The highest BCUT2D eigenvalue weighted by atomic mass is 16.5. The van der Waals surface area contributed by atoms with Crippen LogP contribution in [0.4, 0.5) is 0 Å². The van der Waals surface area contributed by atoms with Gasteiger partial charge < -0.3 is 20.4 Å². The maximum absolute atomic E-state index is 11.0. The molecule has 3 N–H and O–H groups in total. The Balaban J connectivity index is 1.67. The lowest BCUT2D eigenvalue weighted by Gasteiger charge is -2.17. The quantitative estimate of drug-likeness (QED) is 0.672. The zero-order valence-corrected chi connectivity index (χ0v) is 15.2. The summed E-state index contributed by atoms with van der Waals surface area (Å²) in [6.45, 7) is 0.666. The highest BCUT2D eigenvalue weighted by Crippen LogP contribution is 2.35. The molecule has 0 spiro atoms. The summed E-state index contributed by atoms with van der Waals surface area (Å²) in [5.41, 5.74) is 7.26. The molecule has 6 heteroatoms. The van der Waals surface area contributed by atoms with Crippen molar-refractivity contribution in [2.45, 2.75) is 38.3 Å². The van der Waals surface area contributed by atoms with E-state index in [1.54, 1.807) is 0 Å². The first kappa shape index (κ1) is 17.5. The molecule has 3 aromatic rings. The number of benzene rings is 2. The summed E-state index contributed by atoms with van der Waals surface area (Å²) in [4.78, 5) is 15.8. The van der Waals surface area contributed by atoms with E-state index < -0.39 is 0 Å². The summed E-state index contributed by atoms with van der Waals surface area (Å²) >= 11 is 0. The van der Waals surface area contributed by atoms with Gasteiger partial charge in [-0.05, 0) is 37.1 Å². The lowest BCUT2D eigenvalue weighted by Crippen LogP contribution is -2.29. The number of nitrogens with zero attached hydrogens (tertiary/aromatic N) is 2. The molecule has 27 heavy (non-hydrogen) atoms. The third-order valence-corrected chi connectivity index (χ3v) is 4.99. The van der Waals surface area contributed by atoms with Crippen LogP contribution >= 0.6 is 0 Å². The van der Waals surface area contributed by atoms with Crippen LogP contribution in [-0.4, -0.2) is 22.0 Å². The summed E-state index contributed by atoms with van der Waals surface area (Å²) in [5, 5.41) is 3.09. The van der Waals surface area contributed by atoms with Crippen molar-refractivity contribution in [3.63, 3.8) is 0 Å². The molecule has 0 saturated heterocycles. The molecule has 0 unspecified atom stereocenters. The molecular formula is C21H24N4O2. The van der Waals surface area contributed by atoms with Gasteiger partial charge in [0.05, 0.1) is 24.1 Å². The van der Waals surface area contributed by atoms with Crippen LogP contribution < -0.4 is 15.8 Å². The van der Waals surface area contributed by atoms with Crippen LogP contribution in [0.15, 0.2) is 48.5 Å². The van der Waals surface area contributed by atoms with Crippen LogP contribution in [-0.2, 0) is 11.3 Å². The number of amides is 1. The van der Waals surface area contributed by atoms with E-state index >= 15 is 0 Å². The molecule has 1 aliphatic rings. The number of primary amides is 1. The molecule has 2 aromatic carbocycles. The number of ether oxygens (including phenoxy) is 1. The number of fused-ring (bicyclic) bond motifs is 1. The van der Waals surface area contributed by atoms with Gasteiger partial charge in [0.2, 0.25) is 5.91 Å². The van der Waals surface area contributed by atoms with E-state index in [-0.39, 0.29) is 12.5 Å². The minimum absolute atomic E-state index is 0.149. The molecule has 1 amide bonds. The van der Waals surface area contributed by atoms with Crippen LogP contribution in [0.1, 0.15) is 37.5 Å². The van der Waals surface area contributed by atoms with E-state index in [1.165, 1.54) is 12.8 Å². The minimum atomic E-state index is -0.364. The highest BCUT2D eigenvalue weighted by Gasteiger charge is 2.23. The number of rotatable bonds is 7. The predicted molar refractivity (Wildman–Crippen MR) is 105 cm³/mol. The van der Waals surface area contributed by atoms with Crippen molar-refractivity contribution in [1.82, 2.24) is 14.9 Å². The first-order chi connectivity index (χ1) is 13.2. The Kier molecular flexibility index (Phi) is 5.07. The average Bonchev–Trinajstić information content (AvgIpc) is 3.29. The second kappa shape index (κ2) is 7.80. The van der Waals surface area contributed by atoms with E-state index in [0.717, 1.165) is 41.2 Å². The van der Waals surface area contributed by atoms with Crippen molar-refractivity contribution in [1.29, 1.82) is 0 Å². The first-order valence-electron chi connectivity index (χ1n) is 9.43. The minimum Gasteiger partial charge on any atom is -0.457 e. The van der Waals surface area contributed by atoms with Gasteiger partial charge in [-0.3, -0.25) is 4.79 Å². The Bertz CT molecular complexity index is 930.